The van der Waals surface area contributed by atoms with Gasteiger partial charge < -0.3 is 15.0 Å². The number of hydrogen-bond acceptors (Lipinski definition) is 3. The van der Waals surface area contributed by atoms with Crippen LogP contribution in [0.2, 0.25) is 0 Å². The van der Waals surface area contributed by atoms with Crippen molar-refractivity contribution in [2.75, 3.05) is 18.5 Å². The lowest BCUT2D eigenvalue weighted by molar-refractivity contribution is 0.276. The number of thiocarbonyl (C=S) groups is 1. The maximum Gasteiger partial charge on any atom is 0.173 e. The summed E-state index contributed by atoms with van der Waals surface area (Å²) in [6.45, 7) is 3.69. The Labute approximate surface area is 152 Å². The zero-order chi connectivity index (χ0) is 16.5. The first-order chi connectivity index (χ1) is 11.8. The van der Waals surface area contributed by atoms with Crippen molar-refractivity contribution < 1.29 is 4.74 Å². The summed E-state index contributed by atoms with van der Waals surface area (Å²) in [5, 5.41) is 6.49. The fourth-order valence-electron chi connectivity index (χ4n) is 3.49. The van der Waals surface area contributed by atoms with E-state index in [0.29, 0.717) is 12.6 Å². The molecule has 2 heterocycles. The summed E-state index contributed by atoms with van der Waals surface area (Å²) in [6, 6.07) is 10.8. The Kier molecular flexibility index (Phi) is 4.46. The Hall–Kier alpha value is -1.59. The Balaban J connectivity index is 1.49. The van der Waals surface area contributed by atoms with E-state index < -0.39 is 0 Å². The lowest BCUT2D eigenvalue weighted by Gasteiger charge is -2.38. The molecule has 1 N–H and O–H groups in total. The van der Waals surface area contributed by atoms with Crippen LogP contribution in [0, 0.1) is 5.92 Å². The standard InChI is InChI=1S/C19H22N2OS2/c1-2-22-15-7-5-14(6-8-15)20-19(23)21-11-9-17-16(10-12-24-17)18(21)13-3-4-13/h5-8,10,12-13,18H,2-4,9,11H2,1H3,(H,20,23)/t18-/m0/s1. The van der Waals surface area contributed by atoms with Crippen LogP contribution in [0.3, 0.4) is 0 Å². The maximum atomic E-state index is 5.75. The summed E-state index contributed by atoms with van der Waals surface area (Å²) < 4.78 is 5.50. The van der Waals surface area contributed by atoms with E-state index in [1.165, 1.54) is 18.4 Å². The molecule has 1 aromatic carbocycles. The molecule has 1 aliphatic heterocycles. The topological polar surface area (TPSA) is 24.5 Å². The monoisotopic (exact) mass is 358 g/mol. The number of thiophene rings is 1. The van der Waals surface area contributed by atoms with Crippen molar-refractivity contribution in [3.8, 4) is 5.75 Å². The first kappa shape index (κ1) is 15.9. The minimum Gasteiger partial charge on any atom is -0.494 e. The number of anilines is 1. The number of nitrogens with one attached hydrogen (secondary N) is 1. The highest BCUT2D eigenvalue weighted by Crippen LogP contribution is 2.48. The van der Waals surface area contributed by atoms with E-state index in [9.17, 15) is 0 Å². The first-order valence-electron chi connectivity index (χ1n) is 8.63. The van der Waals surface area contributed by atoms with E-state index in [0.717, 1.165) is 35.4 Å². The summed E-state index contributed by atoms with van der Waals surface area (Å²) in [5.41, 5.74) is 2.53. The average Bonchev–Trinajstić information content (AvgIpc) is 3.32. The Morgan fingerprint density at radius 3 is 2.79 bits per heavy atom. The number of rotatable bonds is 4. The van der Waals surface area contributed by atoms with E-state index in [2.05, 4.69) is 21.7 Å². The Bertz CT molecular complexity index is 721. The molecule has 5 heteroatoms. The molecular formula is C19H22N2OS2. The van der Waals surface area contributed by atoms with E-state index in [-0.39, 0.29) is 0 Å². The van der Waals surface area contributed by atoms with Crippen LogP contribution >= 0.6 is 23.6 Å². The van der Waals surface area contributed by atoms with Crippen LogP contribution in [0.4, 0.5) is 5.69 Å². The summed E-state index contributed by atoms with van der Waals surface area (Å²) in [4.78, 5) is 3.95. The maximum absolute atomic E-state index is 5.75. The van der Waals surface area contributed by atoms with E-state index >= 15 is 0 Å². The molecule has 1 atom stereocenters. The van der Waals surface area contributed by atoms with Gasteiger partial charge in [0.2, 0.25) is 0 Å². The van der Waals surface area contributed by atoms with Gasteiger partial charge in [-0.2, -0.15) is 0 Å². The molecule has 2 aliphatic rings. The van der Waals surface area contributed by atoms with Crippen LogP contribution in [0.1, 0.15) is 36.2 Å². The van der Waals surface area contributed by atoms with Crippen molar-refractivity contribution in [2.45, 2.75) is 32.2 Å². The normalized spacial score (nSPS) is 19.7. The summed E-state index contributed by atoms with van der Waals surface area (Å²) >= 11 is 7.65. The SMILES string of the molecule is CCOc1ccc(NC(=S)N2CCc3sccc3[C@@H]2C2CC2)cc1. The lowest BCUT2D eigenvalue weighted by Crippen LogP contribution is -2.42. The molecule has 0 saturated heterocycles. The minimum atomic E-state index is 0.461. The second-order valence-electron chi connectivity index (χ2n) is 6.41. The van der Waals surface area contributed by atoms with Crippen molar-refractivity contribution in [2.24, 2.45) is 5.92 Å². The van der Waals surface area contributed by atoms with Gasteiger partial charge in [0.15, 0.2) is 5.11 Å². The third-order valence-corrected chi connectivity index (χ3v) is 6.09. The zero-order valence-corrected chi connectivity index (χ0v) is 15.5. The van der Waals surface area contributed by atoms with Crippen molar-refractivity contribution in [1.29, 1.82) is 0 Å². The van der Waals surface area contributed by atoms with Crippen molar-refractivity contribution in [3.63, 3.8) is 0 Å². The molecule has 2 aromatic rings. The van der Waals surface area contributed by atoms with Crippen LogP contribution < -0.4 is 10.1 Å². The summed E-state index contributed by atoms with van der Waals surface area (Å²) in [5.74, 6) is 1.66. The molecule has 1 aliphatic carbocycles. The molecular weight excluding hydrogens is 336 g/mol. The lowest BCUT2D eigenvalue weighted by atomic mass is 9.96. The highest BCUT2D eigenvalue weighted by Gasteiger charge is 2.40. The number of fused-ring (bicyclic) bond motifs is 1. The second kappa shape index (κ2) is 6.73. The first-order valence-corrected chi connectivity index (χ1v) is 9.92. The van der Waals surface area contributed by atoms with Crippen molar-refractivity contribution in [3.05, 3.63) is 46.2 Å². The number of hydrogen-bond donors (Lipinski definition) is 1. The van der Waals surface area contributed by atoms with Gasteiger partial charge in [0, 0.05) is 17.1 Å². The molecule has 126 valence electrons. The Morgan fingerprint density at radius 2 is 2.08 bits per heavy atom. The predicted octanol–water partition coefficient (Wildman–Crippen LogP) is 4.85. The van der Waals surface area contributed by atoms with E-state index in [1.807, 2.05) is 42.5 Å². The third-order valence-electron chi connectivity index (χ3n) is 4.76. The van der Waals surface area contributed by atoms with Gasteiger partial charge in [-0.05, 0) is 85.6 Å². The zero-order valence-electron chi connectivity index (χ0n) is 13.8. The Morgan fingerprint density at radius 1 is 1.29 bits per heavy atom. The highest BCUT2D eigenvalue weighted by atomic mass is 32.1. The van der Waals surface area contributed by atoms with Gasteiger partial charge in [0.1, 0.15) is 5.75 Å². The smallest absolute Gasteiger partial charge is 0.173 e. The van der Waals surface area contributed by atoms with Gasteiger partial charge in [-0.3, -0.25) is 0 Å². The van der Waals surface area contributed by atoms with Gasteiger partial charge in [0.25, 0.3) is 0 Å². The second-order valence-corrected chi connectivity index (χ2v) is 7.80. The molecule has 1 fully saturated rings. The quantitative estimate of drug-likeness (QED) is 0.790. The molecule has 0 radical (unpaired) electrons. The van der Waals surface area contributed by atoms with Crippen molar-refractivity contribution >= 4 is 34.4 Å². The molecule has 4 rings (SSSR count). The molecule has 0 amide bonds. The largest absolute Gasteiger partial charge is 0.494 e. The summed E-state index contributed by atoms with van der Waals surface area (Å²) in [6.07, 6.45) is 3.74. The molecule has 0 unspecified atom stereocenters. The van der Waals surface area contributed by atoms with Crippen LogP contribution in [-0.2, 0) is 6.42 Å². The molecule has 0 spiro atoms. The third kappa shape index (κ3) is 3.15. The van der Waals surface area contributed by atoms with E-state index in [4.69, 9.17) is 17.0 Å². The molecule has 24 heavy (non-hydrogen) atoms. The summed E-state index contributed by atoms with van der Waals surface area (Å²) in [7, 11) is 0. The van der Waals surface area contributed by atoms with Crippen LogP contribution in [-0.4, -0.2) is 23.2 Å². The van der Waals surface area contributed by atoms with Crippen LogP contribution in [0.15, 0.2) is 35.7 Å². The van der Waals surface area contributed by atoms with Gasteiger partial charge in [-0.15, -0.1) is 11.3 Å². The molecule has 3 nitrogen and oxygen atoms in total. The van der Waals surface area contributed by atoms with Gasteiger partial charge in [-0.1, -0.05) is 0 Å². The average molecular weight is 359 g/mol. The molecule has 1 aromatic heterocycles. The van der Waals surface area contributed by atoms with Crippen LogP contribution in [0.5, 0.6) is 5.75 Å². The van der Waals surface area contributed by atoms with Gasteiger partial charge >= 0.3 is 0 Å². The van der Waals surface area contributed by atoms with Gasteiger partial charge in [-0.25, -0.2) is 0 Å². The number of benzene rings is 1. The number of nitrogens with zero attached hydrogens (tertiary/aromatic N) is 1. The van der Waals surface area contributed by atoms with E-state index in [1.54, 1.807) is 4.88 Å². The molecule has 0 bridgehead atoms. The molecule has 1 saturated carbocycles. The predicted molar refractivity (Wildman–Crippen MR) is 104 cm³/mol. The minimum absolute atomic E-state index is 0.461. The fraction of sp³-hybridized carbons (Fsp3) is 0.421. The fourth-order valence-corrected chi connectivity index (χ4v) is 4.73. The van der Waals surface area contributed by atoms with Crippen LogP contribution in [0.25, 0.3) is 0 Å². The van der Waals surface area contributed by atoms with Gasteiger partial charge in [0.05, 0.1) is 12.6 Å². The van der Waals surface area contributed by atoms with Crippen molar-refractivity contribution in [1.82, 2.24) is 4.90 Å². The highest BCUT2D eigenvalue weighted by molar-refractivity contribution is 7.80. The number of ether oxygens (including phenoxy) is 1.